The normalized spacial score (nSPS) is 35.9. The van der Waals surface area contributed by atoms with Crippen LogP contribution >= 0.6 is 0 Å². The Kier molecular flexibility index (Phi) is 5.59. The van der Waals surface area contributed by atoms with Crippen molar-refractivity contribution < 1.29 is 18.3 Å². The molecule has 1 saturated heterocycles. The summed E-state index contributed by atoms with van der Waals surface area (Å²) in [6.07, 6.45) is 8.04. The van der Waals surface area contributed by atoms with Crippen molar-refractivity contribution >= 4 is 15.9 Å². The van der Waals surface area contributed by atoms with Crippen LogP contribution in [0.1, 0.15) is 50.6 Å². The van der Waals surface area contributed by atoms with Crippen LogP contribution in [-0.4, -0.2) is 59.2 Å². The number of sulfonamides is 1. The summed E-state index contributed by atoms with van der Waals surface area (Å²) in [5.41, 5.74) is 0.285. The van der Waals surface area contributed by atoms with Gasteiger partial charge in [0.05, 0.1) is 11.4 Å². The summed E-state index contributed by atoms with van der Waals surface area (Å²) >= 11 is 0. The molecule has 1 aromatic heterocycles. The quantitative estimate of drug-likeness (QED) is 0.692. The standard InChI is InChI=1S/C23H33N3O4S/c27-22(25-21-18-11-16-12-19(21)15-23(28,13-16)14-18)17-4-8-26(9-5-17)31(29,30)10-6-20-3-1-2-7-24-20/h1-3,7,16-19,21,28H,4-6,8-15H2,(H,25,27). The highest BCUT2D eigenvalue weighted by atomic mass is 32.2. The van der Waals surface area contributed by atoms with Gasteiger partial charge in [-0.05, 0) is 74.8 Å². The molecular formula is C23H33N3O4S. The lowest BCUT2D eigenvalue weighted by molar-refractivity contribution is -0.148. The minimum absolute atomic E-state index is 0.0520. The predicted octanol–water partition coefficient (Wildman–Crippen LogP) is 1.72. The van der Waals surface area contributed by atoms with Gasteiger partial charge in [0.1, 0.15) is 0 Å². The second-order valence-electron chi connectivity index (χ2n) is 10.3. The molecule has 5 aliphatic rings. The van der Waals surface area contributed by atoms with Gasteiger partial charge in [0, 0.05) is 43.4 Å². The first-order valence-corrected chi connectivity index (χ1v) is 13.3. The number of amides is 1. The molecular weight excluding hydrogens is 414 g/mol. The molecule has 6 rings (SSSR count). The van der Waals surface area contributed by atoms with Gasteiger partial charge >= 0.3 is 0 Å². The minimum atomic E-state index is -3.34. The molecule has 2 atom stereocenters. The molecule has 1 amide bonds. The lowest BCUT2D eigenvalue weighted by Gasteiger charge is -2.58. The highest BCUT2D eigenvalue weighted by Gasteiger charge is 2.55. The predicted molar refractivity (Wildman–Crippen MR) is 116 cm³/mol. The second-order valence-corrected chi connectivity index (χ2v) is 12.4. The second kappa shape index (κ2) is 8.12. The minimum Gasteiger partial charge on any atom is -0.390 e. The van der Waals surface area contributed by atoms with E-state index in [1.54, 1.807) is 6.20 Å². The maximum absolute atomic E-state index is 13.0. The van der Waals surface area contributed by atoms with Gasteiger partial charge in [0.15, 0.2) is 0 Å². The van der Waals surface area contributed by atoms with Crippen LogP contribution in [0.25, 0.3) is 0 Å². The van der Waals surface area contributed by atoms with E-state index in [1.165, 1.54) is 4.31 Å². The third-order valence-electron chi connectivity index (χ3n) is 8.11. The zero-order valence-electron chi connectivity index (χ0n) is 17.9. The summed E-state index contributed by atoms with van der Waals surface area (Å²) in [5.74, 6) is 1.42. The SMILES string of the molecule is O=C(NC1C2CC3CC1CC(O)(C3)C2)C1CCN(S(=O)(=O)CCc2ccccn2)CC1. The summed E-state index contributed by atoms with van der Waals surface area (Å²) < 4.78 is 27.0. The molecule has 1 aliphatic heterocycles. The van der Waals surface area contributed by atoms with Gasteiger partial charge in [-0.15, -0.1) is 0 Å². The van der Waals surface area contributed by atoms with Crippen LogP contribution in [0, 0.1) is 23.7 Å². The molecule has 4 aliphatic carbocycles. The van der Waals surface area contributed by atoms with Gasteiger partial charge in [-0.3, -0.25) is 9.78 Å². The number of piperidine rings is 1. The van der Waals surface area contributed by atoms with Crippen molar-refractivity contribution in [3.8, 4) is 0 Å². The van der Waals surface area contributed by atoms with Crippen LogP contribution < -0.4 is 5.32 Å². The van der Waals surface area contributed by atoms with E-state index in [-0.39, 0.29) is 23.6 Å². The number of carbonyl (C=O) groups is 1. The molecule has 7 nitrogen and oxygen atoms in total. The third kappa shape index (κ3) is 4.39. The van der Waals surface area contributed by atoms with Gasteiger partial charge in [-0.25, -0.2) is 12.7 Å². The largest absolute Gasteiger partial charge is 0.390 e. The summed E-state index contributed by atoms with van der Waals surface area (Å²) in [7, 11) is -3.34. The van der Waals surface area contributed by atoms with E-state index in [0.717, 1.165) is 37.8 Å². The average molecular weight is 448 g/mol. The Morgan fingerprint density at radius 1 is 1.16 bits per heavy atom. The van der Waals surface area contributed by atoms with Crippen molar-refractivity contribution in [2.45, 2.75) is 63.0 Å². The summed E-state index contributed by atoms with van der Waals surface area (Å²) in [5, 5.41) is 14.1. The van der Waals surface area contributed by atoms with E-state index in [1.807, 2.05) is 18.2 Å². The van der Waals surface area contributed by atoms with E-state index in [2.05, 4.69) is 10.3 Å². The molecule has 2 N–H and O–H groups in total. The van der Waals surface area contributed by atoms with E-state index in [9.17, 15) is 18.3 Å². The van der Waals surface area contributed by atoms with Gasteiger partial charge < -0.3 is 10.4 Å². The molecule has 170 valence electrons. The molecule has 2 heterocycles. The van der Waals surface area contributed by atoms with Crippen LogP contribution in [0.3, 0.4) is 0 Å². The van der Waals surface area contributed by atoms with Crippen LogP contribution in [0.5, 0.6) is 0 Å². The maximum Gasteiger partial charge on any atom is 0.223 e. The summed E-state index contributed by atoms with van der Waals surface area (Å²) in [4.78, 5) is 17.2. The molecule has 4 saturated carbocycles. The van der Waals surface area contributed by atoms with Crippen molar-refractivity contribution in [2.75, 3.05) is 18.8 Å². The number of hydrogen-bond donors (Lipinski definition) is 2. The number of aromatic nitrogens is 1. The molecule has 8 heteroatoms. The van der Waals surface area contributed by atoms with Crippen molar-refractivity contribution in [2.24, 2.45) is 23.7 Å². The fraction of sp³-hybridized carbons (Fsp3) is 0.739. The molecule has 1 aromatic rings. The van der Waals surface area contributed by atoms with E-state index in [4.69, 9.17) is 0 Å². The zero-order chi connectivity index (χ0) is 21.6. The first-order chi connectivity index (χ1) is 14.8. The molecule has 4 bridgehead atoms. The number of aliphatic hydroxyl groups is 1. The number of carbonyl (C=O) groups excluding carboxylic acids is 1. The van der Waals surface area contributed by atoms with E-state index in [0.29, 0.717) is 50.1 Å². The van der Waals surface area contributed by atoms with Gasteiger partial charge in [0.25, 0.3) is 0 Å². The van der Waals surface area contributed by atoms with Crippen molar-refractivity contribution in [3.63, 3.8) is 0 Å². The number of hydrogen-bond acceptors (Lipinski definition) is 5. The first kappa shape index (κ1) is 21.3. The fourth-order valence-electron chi connectivity index (χ4n) is 6.80. The van der Waals surface area contributed by atoms with Gasteiger partial charge in [0.2, 0.25) is 15.9 Å². The molecule has 0 radical (unpaired) electrons. The summed E-state index contributed by atoms with van der Waals surface area (Å²) in [6.45, 7) is 0.809. The Bertz CT molecular complexity index is 898. The third-order valence-corrected chi connectivity index (χ3v) is 9.98. The molecule has 5 fully saturated rings. The van der Waals surface area contributed by atoms with Crippen LogP contribution in [0.4, 0.5) is 0 Å². The van der Waals surface area contributed by atoms with Crippen molar-refractivity contribution in [1.29, 1.82) is 0 Å². The Morgan fingerprint density at radius 2 is 1.87 bits per heavy atom. The Balaban J connectivity index is 1.12. The molecule has 0 aromatic carbocycles. The molecule has 0 spiro atoms. The van der Waals surface area contributed by atoms with Gasteiger partial charge in [-0.2, -0.15) is 0 Å². The number of rotatable bonds is 6. The Labute approximate surface area is 184 Å². The van der Waals surface area contributed by atoms with E-state index < -0.39 is 15.6 Å². The monoisotopic (exact) mass is 447 g/mol. The first-order valence-electron chi connectivity index (χ1n) is 11.7. The topological polar surface area (TPSA) is 99.6 Å². The van der Waals surface area contributed by atoms with E-state index >= 15 is 0 Å². The summed E-state index contributed by atoms with van der Waals surface area (Å²) in [6, 6.07) is 5.71. The Hall–Kier alpha value is -1.51. The van der Waals surface area contributed by atoms with Crippen molar-refractivity contribution in [1.82, 2.24) is 14.6 Å². The lowest BCUT2D eigenvalue weighted by atomic mass is 9.52. The van der Waals surface area contributed by atoms with Crippen molar-refractivity contribution in [3.05, 3.63) is 30.1 Å². The number of nitrogens with one attached hydrogen (secondary N) is 1. The van der Waals surface area contributed by atoms with Crippen LogP contribution in [0.15, 0.2) is 24.4 Å². The van der Waals surface area contributed by atoms with Crippen LogP contribution in [0.2, 0.25) is 0 Å². The van der Waals surface area contributed by atoms with Crippen LogP contribution in [-0.2, 0) is 21.2 Å². The average Bonchev–Trinajstić information content (AvgIpc) is 2.74. The highest BCUT2D eigenvalue weighted by Crippen LogP contribution is 2.55. The highest BCUT2D eigenvalue weighted by molar-refractivity contribution is 7.89. The number of pyridine rings is 1. The smallest absolute Gasteiger partial charge is 0.223 e. The molecule has 31 heavy (non-hydrogen) atoms. The fourth-order valence-corrected chi connectivity index (χ4v) is 8.30. The molecule has 2 unspecified atom stereocenters. The number of nitrogens with zero attached hydrogens (tertiary/aromatic N) is 2. The maximum atomic E-state index is 13.0. The van der Waals surface area contributed by atoms with Gasteiger partial charge in [-0.1, -0.05) is 6.07 Å². The number of aryl methyl sites for hydroxylation is 1. The zero-order valence-corrected chi connectivity index (χ0v) is 18.8. The lowest BCUT2D eigenvalue weighted by Crippen LogP contribution is -2.62. The Morgan fingerprint density at radius 3 is 2.48 bits per heavy atom.